The van der Waals surface area contributed by atoms with Gasteiger partial charge in [-0.1, -0.05) is 54.8 Å². The largest absolute Gasteiger partial charge is 0.295 e. The minimum atomic E-state index is -3.56. The molecular weight excluding hydrogens is 368 g/mol. The Labute approximate surface area is 161 Å². The maximum Gasteiger partial charge on any atom is 0.240 e. The van der Waals surface area contributed by atoms with Gasteiger partial charge in [0.1, 0.15) is 0 Å². The van der Waals surface area contributed by atoms with Crippen LogP contribution in [0.25, 0.3) is 0 Å². The van der Waals surface area contributed by atoms with E-state index in [-0.39, 0.29) is 10.9 Å². The van der Waals surface area contributed by atoms with E-state index >= 15 is 0 Å². The Balaban J connectivity index is 1.78. The van der Waals surface area contributed by atoms with Crippen LogP contribution < -0.4 is 4.72 Å². The number of nitrogens with one attached hydrogen (secondary N) is 1. The summed E-state index contributed by atoms with van der Waals surface area (Å²) in [6.45, 7) is 2.36. The Hall–Kier alpha value is -1.40. The second kappa shape index (κ2) is 9.00. The van der Waals surface area contributed by atoms with E-state index in [0.717, 1.165) is 31.5 Å². The number of hydrogen-bond acceptors (Lipinski definition) is 3. The monoisotopic (exact) mass is 392 g/mol. The molecule has 0 amide bonds. The number of rotatable bonds is 6. The third-order valence-corrected chi connectivity index (χ3v) is 6.55. The molecule has 0 aromatic heterocycles. The number of likely N-dealkylation sites (tertiary alicyclic amines) is 1. The average Bonchev–Trinajstić information content (AvgIpc) is 2.92. The molecule has 1 atom stereocenters. The number of nitrogens with zero attached hydrogens (tertiary/aromatic N) is 1. The Morgan fingerprint density at radius 2 is 1.54 bits per heavy atom. The summed E-state index contributed by atoms with van der Waals surface area (Å²) in [4.78, 5) is 2.65. The van der Waals surface area contributed by atoms with Crippen molar-refractivity contribution in [1.29, 1.82) is 0 Å². The van der Waals surface area contributed by atoms with Crippen LogP contribution in [0.15, 0.2) is 59.5 Å². The van der Waals surface area contributed by atoms with Crippen molar-refractivity contribution >= 4 is 21.6 Å². The predicted octanol–water partition coefficient (Wildman–Crippen LogP) is 4.24. The van der Waals surface area contributed by atoms with Crippen LogP contribution in [-0.4, -0.2) is 33.0 Å². The van der Waals surface area contributed by atoms with Gasteiger partial charge in [0, 0.05) is 17.6 Å². The minimum Gasteiger partial charge on any atom is -0.295 e. The van der Waals surface area contributed by atoms with Crippen molar-refractivity contribution in [2.75, 3.05) is 19.6 Å². The van der Waals surface area contributed by atoms with E-state index in [0.29, 0.717) is 11.6 Å². The molecule has 0 bridgehead atoms. The van der Waals surface area contributed by atoms with Crippen LogP contribution in [0, 0.1) is 0 Å². The third-order valence-electron chi connectivity index (χ3n) is 4.86. The molecular formula is C20H25ClN2O2S. The molecule has 0 saturated carbocycles. The van der Waals surface area contributed by atoms with Gasteiger partial charge in [0.05, 0.1) is 4.90 Å². The lowest BCUT2D eigenvalue weighted by Gasteiger charge is -2.31. The van der Waals surface area contributed by atoms with Gasteiger partial charge in [-0.2, -0.15) is 0 Å². The van der Waals surface area contributed by atoms with E-state index in [4.69, 9.17) is 11.6 Å². The molecule has 0 spiro atoms. The lowest BCUT2D eigenvalue weighted by Crippen LogP contribution is -2.38. The van der Waals surface area contributed by atoms with Crippen LogP contribution in [0.4, 0.5) is 0 Å². The average molecular weight is 393 g/mol. The summed E-state index contributed by atoms with van der Waals surface area (Å²) < 4.78 is 28.1. The summed E-state index contributed by atoms with van der Waals surface area (Å²) in [5.74, 6) is 0. The highest BCUT2D eigenvalue weighted by Crippen LogP contribution is 2.24. The SMILES string of the molecule is O=S(=O)(NC[C@H](c1ccccc1)N1CCCCCC1)c1ccc(Cl)cc1. The highest BCUT2D eigenvalue weighted by molar-refractivity contribution is 7.89. The Kier molecular flexibility index (Phi) is 6.70. The minimum absolute atomic E-state index is 0.0383. The van der Waals surface area contributed by atoms with E-state index in [9.17, 15) is 8.42 Å². The van der Waals surface area contributed by atoms with Crippen molar-refractivity contribution in [2.24, 2.45) is 0 Å². The summed E-state index contributed by atoms with van der Waals surface area (Å²) >= 11 is 5.86. The molecule has 4 nitrogen and oxygen atoms in total. The molecule has 2 aromatic carbocycles. The van der Waals surface area contributed by atoms with Crippen molar-refractivity contribution in [3.63, 3.8) is 0 Å². The second-order valence-corrected chi connectivity index (χ2v) is 8.89. The molecule has 1 aliphatic heterocycles. The first kappa shape index (κ1) is 19.4. The molecule has 1 aliphatic rings. The van der Waals surface area contributed by atoms with Crippen LogP contribution >= 0.6 is 11.6 Å². The first-order valence-electron chi connectivity index (χ1n) is 9.10. The van der Waals surface area contributed by atoms with Gasteiger partial charge in [0.2, 0.25) is 10.0 Å². The van der Waals surface area contributed by atoms with Gasteiger partial charge in [-0.25, -0.2) is 13.1 Å². The quantitative estimate of drug-likeness (QED) is 0.800. The lowest BCUT2D eigenvalue weighted by atomic mass is 10.1. The summed E-state index contributed by atoms with van der Waals surface area (Å²) in [5, 5.41) is 0.524. The standard InChI is InChI=1S/C20H25ClN2O2S/c21-18-10-12-19(13-11-18)26(24,25)22-16-20(17-8-4-3-5-9-17)23-14-6-1-2-7-15-23/h3-5,8-13,20,22H,1-2,6-7,14-16H2/t20-/m1/s1. The topological polar surface area (TPSA) is 49.4 Å². The van der Waals surface area contributed by atoms with Gasteiger partial charge in [-0.05, 0) is 55.8 Å². The molecule has 1 fully saturated rings. The summed E-state index contributed by atoms with van der Waals surface area (Å²) in [6, 6.07) is 16.5. The number of sulfonamides is 1. The van der Waals surface area contributed by atoms with Gasteiger partial charge < -0.3 is 0 Å². The third kappa shape index (κ3) is 5.07. The Morgan fingerprint density at radius 3 is 2.15 bits per heavy atom. The molecule has 0 unspecified atom stereocenters. The first-order valence-corrected chi connectivity index (χ1v) is 11.0. The van der Waals surface area contributed by atoms with Crippen molar-refractivity contribution in [1.82, 2.24) is 9.62 Å². The molecule has 140 valence electrons. The van der Waals surface area contributed by atoms with E-state index < -0.39 is 10.0 Å². The van der Waals surface area contributed by atoms with E-state index in [1.54, 1.807) is 12.1 Å². The van der Waals surface area contributed by atoms with Gasteiger partial charge in [0.15, 0.2) is 0 Å². The predicted molar refractivity (Wildman–Crippen MR) is 106 cm³/mol. The van der Waals surface area contributed by atoms with Crippen LogP contribution in [0.2, 0.25) is 5.02 Å². The maximum atomic E-state index is 12.7. The zero-order valence-corrected chi connectivity index (χ0v) is 16.3. The number of hydrogen-bond donors (Lipinski definition) is 1. The van der Waals surface area contributed by atoms with Crippen molar-refractivity contribution < 1.29 is 8.42 Å². The highest BCUT2D eigenvalue weighted by Gasteiger charge is 2.24. The fourth-order valence-electron chi connectivity index (χ4n) is 3.43. The Morgan fingerprint density at radius 1 is 0.923 bits per heavy atom. The zero-order valence-electron chi connectivity index (χ0n) is 14.8. The molecule has 1 saturated heterocycles. The second-order valence-electron chi connectivity index (χ2n) is 6.68. The van der Waals surface area contributed by atoms with Gasteiger partial charge in [-0.15, -0.1) is 0 Å². The molecule has 3 rings (SSSR count). The molecule has 0 radical (unpaired) electrons. The van der Waals surface area contributed by atoms with Gasteiger partial charge in [-0.3, -0.25) is 4.90 Å². The Bertz CT molecular complexity index is 786. The molecule has 6 heteroatoms. The van der Waals surface area contributed by atoms with Crippen LogP contribution in [-0.2, 0) is 10.0 Å². The van der Waals surface area contributed by atoms with Crippen LogP contribution in [0.5, 0.6) is 0 Å². The van der Waals surface area contributed by atoms with Gasteiger partial charge >= 0.3 is 0 Å². The van der Waals surface area contributed by atoms with E-state index in [2.05, 4.69) is 21.8 Å². The van der Waals surface area contributed by atoms with E-state index in [1.165, 1.54) is 25.0 Å². The van der Waals surface area contributed by atoms with Gasteiger partial charge in [0.25, 0.3) is 0 Å². The summed E-state index contributed by atoms with van der Waals surface area (Å²) in [7, 11) is -3.56. The smallest absolute Gasteiger partial charge is 0.240 e. The molecule has 1 N–H and O–H groups in total. The molecule has 0 aliphatic carbocycles. The molecule has 26 heavy (non-hydrogen) atoms. The van der Waals surface area contributed by atoms with Crippen molar-refractivity contribution in [2.45, 2.75) is 36.6 Å². The molecule has 1 heterocycles. The first-order chi connectivity index (χ1) is 12.6. The summed E-state index contributed by atoms with van der Waals surface area (Å²) in [6.07, 6.45) is 4.81. The lowest BCUT2D eigenvalue weighted by molar-refractivity contribution is 0.206. The zero-order chi connectivity index (χ0) is 18.4. The maximum absolute atomic E-state index is 12.7. The van der Waals surface area contributed by atoms with Crippen molar-refractivity contribution in [3.05, 3.63) is 65.2 Å². The fraction of sp³-hybridized carbons (Fsp3) is 0.400. The van der Waals surface area contributed by atoms with E-state index in [1.807, 2.05) is 18.2 Å². The fourth-order valence-corrected chi connectivity index (χ4v) is 4.59. The number of halogens is 1. The van der Waals surface area contributed by atoms with Crippen LogP contribution in [0.1, 0.15) is 37.3 Å². The number of benzene rings is 2. The highest BCUT2D eigenvalue weighted by atomic mass is 35.5. The normalized spacial score (nSPS) is 17.6. The van der Waals surface area contributed by atoms with Crippen molar-refractivity contribution in [3.8, 4) is 0 Å². The van der Waals surface area contributed by atoms with Crippen LogP contribution in [0.3, 0.4) is 0 Å². The molecule has 2 aromatic rings. The summed E-state index contributed by atoms with van der Waals surface area (Å²) in [5.41, 5.74) is 1.15.